The second-order valence-electron chi connectivity index (χ2n) is 9.82. The van der Waals surface area contributed by atoms with Crippen LogP contribution in [-0.4, -0.2) is 64.4 Å². The van der Waals surface area contributed by atoms with Crippen molar-refractivity contribution in [3.05, 3.63) is 45.9 Å². The molecule has 1 saturated carbocycles. The monoisotopic (exact) mass is 542 g/mol. The zero-order valence-corrected chi connectivity index (χ0v) is 22.5. The van der Waals surface area contributed by atoms with E-state index in [9.17, 15) is 24.3 Å². The summed E-state index contributed by atoms with van der Waals surface area (Å²) >= 11 is 1.33. The number of hydrogen-bond donors (Lipinski definition) is 3. The number of carbonyl (C=O) groups excluding carboxylic acids is 4. The highest BCUT2D eigenvalue weighted by Gasteiger charge is 2.40. The van der Waals surface area contributed by atoms with Gasteiger partial charge in [-0.25, -0.2) is 9.78 Å². The molecule has 2 aliphatic rings. The summed E-state index contributed by atoms with van der Waals surface area (Å²) in [5.41, 5.74) is 0.613. The smallest absolute Gasteiger partial charge is 0.407 e. The molecule has 1 saturated heterocycles. The van der Waals surface area contributed by atoms with Crippen molar-refractivity contribution in [2.75, 3.05) is 13.6 Å². The third-order valence-corrected chi connectivity index (χ3v) is 8.17. The van der Waals surface area contributed by atoms with Crippen LogP contribution in [0, 0.1) is 5.92 Å². The minimum absolute atomic E-state index is 0.00436. The first-order valence-electron chi connectivity index (χ1n) is 13.1. The van der Waals surface area contributed by atoms with Crippen molar-refractivity contribution in [2.45, 2.75) is 70.1 Å². The van der Waals surface area contributed by atoms with E-state index < -0.39 is 24.1 Å². The number of phenolic OH excluding ortho intramolecular Hbond substituents is 1. The van der Waals surface area contributed by atoms with Gasteiger partial charge in [0.15, 0.2) is 6.10 Å². The van der Waals surface area contributed by atoms with Gasteiger partial charge in [0.25, 0.3) is 5.91 Å². The molecule has 0 unspecified atom stereocenters. The van der Waals surface area contributed by atoms with Gasteiger partial charge >= 0.3 is 6.09 Å². The standard InChI is InChI=1S/C27H34N4O6S/c1-16(37-27(36)28-2)24(34)30-22(17-8-4-3-5-9-17)26(35)31-13-7-12-21(31)25-29-20(15-38-25)23(33)18-10-6-11-19(32)14-18/h6,10-11,14-17,21-22,32H,3-5,7-9,12-13H2,1-2H3,(H,28,36)(H,30,34)/t16-,21-,22-/m0/s1. The zero-order chi connectivity index (χ0) is 27.2. The van der Waals surface area contributed by atoms with E-state index in [1.54, 1.807) is 22.4 Å². The summed E-state index contributed by atoms with van der Waals surface area (Å²) in [6, 6.07) is 5.11. The van der Waals surface area contributed by atoms with E-state index in [0.29, 0.717) is 23.5 Å². The second-order valence-corrected chi connectivity index (χ2v) is 10.7. The van der Waals surface area contributed by atoms with Crippen LogP contribution < -0.4 is 10.6 Å². The van der Waals surface area contributed by atoms with Crippen molar-refractivity contribution < 1.29 is 29.0 Å². The van der Waals surface area contributed by atoms with Crippen molar-refractivity contribution in [1.82, 2.24) is 20.5 Å². The average Bonchev–Trinajstić information content (AvgIpc) is 3.61. The topological polar surface area (TPSA) is 138 Å². The van der Waals surface area contributed by atoms with Crippen LogP contribution in [0.1, 0.15) is 79.0 Å². The van der Waals surface area contributed by atoms with E-state index in [1.807, 2.05) is 0 Å². The Balaban J connectivity index is 1.52. The summed E-state index contributed by atoms with van der Waals surface area (Å²) in [7, 11) is 1.41. The number of aromatic nitrogens is 1. The Morgan fingerprint density at radius 2 is 1.89 bits per heavy atom. The number of nitrogens with zero attached hydrogens (tertiary/aromatic N) is 2. The van der Waals surface area contributed by atoms with E-state index in [1.165, 1.54) is 37.4 Å². The molecule has 1 aliphatic heterocycles. The van der Waals surface area contributed by atoms with E-state index in [-0.39, 0.29) is 35.1 Å². The Bertz CT molecular complexity index is 1180. The Morgan fingerprint density at radius 1 is 1.13 bits per heavy atom. The van der Waals surface area contributed by atoms with Gasteiger partial charge in [-0.15, -0.1) is 11.3 Å². The van der Waals surface area contributed by atoms with E-state index in [0.717, 1.165) is 38.5 Å². The van der Waals surface area contributed by atoms with Crippen molar-refractivity contribution in [1.29, 1.82) is 0 Å². The lowest BCUT2D eigenvalue weighted by Crippen LogP contribution is -2.54. The van der Waals surface area contributed by atoms with Crippen LogP contribution in [0.5, 0.6) is 5.75 Å². The van der Waals surface area contributed by atoms with Crippen LogP contribution >= 0.6 is 11.3 Å². The molecule has 1 aromatic carbocycles. The van der Waals surface area contributed by atoms with Gasteiger partial charge in [0.2, 0.25) is 11.7 Å². The number of likely N-dealkylation sites (tertiary alicyclic amines) is 1. The summed E-state index contributed by atoms with van der Waals surface area (Å²) in [6.07, 6.45) is 4.48. The number of phenols is 1. The number of hydrogen-bond acceptors (Lipinski definition) is 8. The highest BCUT2D eigenvalue weighted by Crippen LogP contribution is 2.36. The number of benzene rings is 1. The maximum absolute atomic E-state index is 13.9. The van der Waals surface area contributed by atoms with Gasteiger partial charge in [0, 0.05) is 24.5 Å². The molecular formula is C27H34N4O6S. The summed E-state index contributed by atoms with van der Waals surface area (Å²) < 4.78 is 5.07. The third kappa shape index (κ3) is 6.32. The van der Waals surface area contributed by atoms with Gasteiger partial charge < -0.3 is 25.4 Å². The van der Waals surface area contributed by atoms with Crippen LogP contribution in [-0.2, 0) is 14.3 Å². The summed E-state index contributed by atoms with van der Waals surface area (Å²) in [5.74, 6) is -0.980. The van der Waals surface area contributed by atoms with Crippen LogP contribution in [0.2, 0.25) is 0 Å². The molecule has 4 rings (SSSR count). The van der Waals surface area contributed by atoms with E-state index >= 15 is 0 Å². The third-order valence-electron chi connectivity index (χ3n) is 7.23. The second kappa shape index (κ2) is 12.4. The lowest BCUT2D eigenvalue weighted by Gasteiger charge is -2.35. The SMILES string of the molecule is CNC(=O)O[C@@H](C)C(=O)N[C@H](C(=O)N1CCC[C@H]1c1nc(C(=O)c2cccc(O)c2)cs1)C1CCCCC1. The molecule has 3 atom stereocenters. The van der Waals surface area contributed by atoms with Crippen molar-refractivity contribution in [3.63, 3.8) is 0 Å². The maximum atomic E-state index is 13.9. The van der Waals surface area contributed by atoms with Gasteiger partial charge in [0.1, 0.15) is 22.5 Å². The molecule has 10 nitrogen and oxygen atoms in total. The number of alkyl carbamates (subject to hydrolysis) is 1. The summed E-state index contributed by atoms with van der Waals surface area (Å²) in [5, 5.41) is 17.3. The molecule has 2 fully saturated rings. The molecule has 0 spiro atoms. The van der Waals surface area contributed by atoms with Crippen LogP contribution in [0.3, 0.4) is 0 Å². The molecular weight excluding hydrogens is 508 g/mol. The van der Waals surface area contributed by atoms with Crippen molar-refractivity contribution >= 4 is 35.0 Å². The number of ketones is 1. The van der Waals surface area contributed by atoms with Gasteiger partial charge in [-0.05, 0) is 50.7 Å². The number of ether oxygens (including phenoxy) is 1. The number of thiazole rings is 1. The van der Waals surface area contributed by atoms with Crippen LogP contribution in [0.25, 0.3) is 0 Å². The predicted octanol–water partition coefficient (Wildman–Crippen LogP) is 3.55. The Hall–Kier alpha value is -3.47. The molecule has 11 heteroatoms. The highest BCUT2D eigenvalue weighted by atomic mass is 32.1. The quantitative estimate of drug-likeness (QED) is 0.434. The van der Waals surface area contributed by atoms with Crippen molar-refractivity contribution in [2.24, 2.45) is 5.92 Å². The molecule has 2 heterocycles. The Labute approximate surface area is 225 Å². The normalized spacial score (nSPS) is 19.4. The largest absolute Gasteiger partial charge is 0.508 e. The molecule has 3 amide bonds. The average molecular weight is 543 g/mol. The summed E-state index contributed by atoms with van der Waals surface area (Å²) in [4.78, 5) is 57.7. The molecule has 0 bridgehead atoms. The molecule has 204 valence electrons. The fourth-order valence-electron chi connectivity index (χ4n) is 5.20. The molecule has 38 heavy (non-hydrogen) atoms. The summed E-state index contributed by atoms with van der Waals surface area (Å²) in [6.45, 7) is 2.01. The van der Waals surface area contributed by atoms with Crippen molar-refractivity contribution in [3.8, 4) is 5.75 Å². The number of rotatable bonds is 8. The van der Waals surface area contributed by atoms with E-state index in [4.69, 9.17) is 4.74 Å². The first kappa shape index (κ1) is 27.6. The Morgan fingerprint density at radius 3 is 2.61 bits per heavy atom. The fraction of sp³-hybridized carbons (Fsp3) is 0.519. The van der Waals surface area contributed by atoms with Gasteiger partial charge in [-0.2, -0.15) is 0 Å². The number of carbonyl (C=O) groups is 4. The van der Waals surface area contributed by atoms with Crippen LogP contribution in [0.15, 0.2) is 29.6 Å². The lowest BCUT2D eigenvalue weighted by atomic mass is 9.83. The lowest BCUT2D eigenvalue weighted by molar-refractivity contribution is -0.141. The molecule has 1 aliphatic carbocycles. The molecule has 3 N–H and O–H groups in total. The number of nitrogens with one attached hydrogen (secondary N) is 2. The predicted molar refractivity (Wildman–Crippen MR) is 141 cm³/mol. The number of aromatic hydroxyl groups is 1. The van der Waals surface area contributed by atoms with E-state index in [2.05, 4.69) is 15.6 Å². The van der Waals surface area contributed by atoms with Gasteiger partial charge in [-0.3, -0.25) is 14.4 Å². The molecule has 1 aromatic heterocycles. The highest BCUT2D eigenvalue weighted by molar-refractivity contribution is 7.10. The molecule has 2 aromatic rings. The maximum Gasteiger partial charge on any atom is 0.407 e. The minimum Gasteiger partial charge on any atom is -0.508 e. The molecule has 0 radical (unpaired) electrons. The van der Waals surface area contributed by atoms with Crippen LogP contribution in [0.4, 0.5) is 4.79 Å². The zero-order valence-electron chi connectivity index (χ0n) is 21.6. The van der Waals surface area contributed by atoms with Gasteiger partial charge in [0.05, 0.1) is 6.04 Å². The minimum atomic E-state index is -1.05. The first-order chi connectivity index (χ1) is 18.3. The fourth-order valence-corrected chi connectivity index (χ4v) is 6.14. The number of amides is 3. The first-order valence-corrected chi connectivity index (χ1v) is 13.9. The Kier molecular flexibility index (Phi) is 8.98. The van der Waals surface area contributed by atoms with Gasteiger partial charge in [-0.1, -0.05) is 31.4 Å².